The van der Waals surface area contributed by atoms with Crippen molar-refractivity contribution < 1.29 is 47.7 Å². The minimum Gasteiger partial charge on any atom is -0.390 e. The van der Waals surface area contributed by atoms with Crippen LogP contribution in [0.1, 0.15) is 69.5 Å². The Morgan fingerprint density at radius 1 is 0.580 bits per heavy atom. The predicted octanol–water partition coefficient (Wildman–Crippen LogP) is 4.22. The summed E-state index contributed by atoms with van der Waals surface area (Å²) in [4.78, 5) is 43.8. The molecule has 4 aromatic rings. The first kappa shape index (κ1) is 51.8. The molecule has 0 atom stereocenters. The van der Waals surface area contributed by atoms with E-state index in [-0.39, 0.29) is 66.1 Å². The standard InChI is InChI=1S/C10H12NO.2C9H12NO2.C8H10NO.4CH3/c1-3-7-11-8-5-4-6-10(11)9(2)12;1-8(12)9-2-4-10(5-3-9)6-7-11;1-8(12)9-4-2-3-5-10(9)6-7-11;1-7(10)8-5-3-4-6-9(8)2;;;;/h3-6,8H,1,7H2,2H3;2*2-5,11H,6-7H2,1H3;3-6H,1-2H3;4*1H3/q4*+1;4*-1. The molecule has 0 aliphatic heterocycles. The normalized spacial score (nSPS) is 8.86. The summed E-state index contributed by atoms with van der Waals surface area (Å²) in [5.41, 5.74) is 2.79. The molecule has 10 heteroatoms. The van der Waals surface area contributed by atoms with E-state index in [1.54, 1.807) is 61.3 Å². The number of aryl methyl sites for hydroxylation is 1. The highest BCUT2D eigenvalue weighted by Crippen LogP contribution is 1.96. The number of hydrogen-bond donors (Lipinski definition) is 2. The smallest absolute Gasteiger partial charge is 0.248 e. The van der Waals surface area contributed by atoms with E-state index < -0.39 is 0 Å². The zero-order valence-corrected chi connectivity index (χ0v) is 31.4. The van der Waals surface area contributed by atoms with Crippen molar-refractivity contribution in [1.29, 1.82) is 0 Å². The van der Waals surface area contributed by atoms with Crippen LogP contribution >= 0.6 is 0 Å². The van der Waals surface area contributed by atoms with Crippen LogP contribution in [0.3, 0.4) is 0 Å². The van der Waals surface area contributed by atoms with Crippen LogP contribution < -0.4 is 18.3 Å². The fourth-order valence-corrected chi connectivity index (χ4v) is 4.04. The molecule has 0 fully saturated rings. The van der Waals surface area contributed by atoms with Crippen LogP contribution in [-0.2, 0) is 26.7 Å². The average molecular weight is 691 g/mol. The molecule has 0 aromatic carbocycles. The van der Waals surface area contributed by atoms with E-state index in [1.807, 2.05) is 81.7 Å². The molecule has 4 aromatic heterocycles. The number of carbonyl (C=O) groups excluding carboxylic acids is 4. The second kappa shape index (κ2) is 28.9. The zero-order valence-electron chi connectivity index (χ0n) is 31.4. The molecule has 0 bridgehead atoms. The maximum atomic E-state index is 11.1. The third kappa shape index (κ3) is 19.1. The molecule has 0 aliphatic carbocycles. The minimum absolute atomic E-state index is 0. The largest absolute Gasteiger partial charge is 0.390 e. The Labute approximate surface area is 300 Å². The lowest BCUT2D eigenvalue weighted by Crippen LogP contribution is -2.40. The van der Waals surface area contributed by atoms with Gasteiger partial charge in [0.1, 0.15) is 20.3 Å². The lowest BCUT2D eigenvalue weighted by molar-refractivity contribution is -0.699. The molecule has 4 heterocycles. The predicted molar refractivity (Wildman–Crippen MR) is 198 cm³/mol. The van der Waals surface area contributed by atoms with Crippen molar-refractivity contribution in [1.82, 2.24) is 0 Å². The number of aliphatic hydroxyl groups is 2. The lowest BCUT2D eigenvalue weighted by atomic mass is 10.2. The molecule has 0 saturated heterocycles. The minimum atomic E-state index is 0. The van der Waals surface area contributed by atoms with Crippen LogP contribution in [0.5, 0.6) is 0 Å². The molecular weight excluding hydrogens is 632 g/mol. The van der Waals surface area contributed by atoms with Crippen LogP contribution in [0.2, 0.25) is 0 Å². The van der Waals surface area contributed by atoms with Gasteiger partial charge in [-0.3, -0.25) is 19.2 Å². The highest BCUT2D eigenvalue weighted by atomic mass is 16.3. The van der Waals surface area contributed by atoms with Gasteiger partial charge in [-0.15, -0.1) is 0 Å². The summed E-state index contributed by atoms with van der Waals surface area (Å²) in [5, 5.41) is 17.3. The number of allylic oxidation sites excluding steroid dienone is 1. The highest BCUT2D eigenvalue weighted by molar-refractivity contribution is 5.93. The molecule has 2 N–H and O–H groups in total. The van der Waals surface area contributed by atoms with E-state index >= 15 is 0 Å². The van der Waals surface area contributed by atoms with Gasteiger partial charge in [0, 0.05) is 74.9 Å². The summed E-state index contributed by atoms with van der Waals surface area (Å²) in [6.45, 7) is 11.7. The van der Waals surface area contributed by atoms with E-state index in [0.717, 1.165) is 11.4 Å². The monoisotopic (exact) mass is 690 g/mol. The molecule has 50 heavy (non-hydrogen) atoms. The van der Waals surface area contributed by atoms with Gasteiger partial charge in [-0.1, -0.05) is 6.58 Å². The summed E-state index contributed by atoms with van der Waals surface area (Å²) in [5.74, 6) is 0.260. The van der Waals surface area contributed by atoms with Gasteiger partial charge in [-0.2, -0.15) is 13.7 Å². The van der Waals surface area contributed by atoms with Crippen LogP contribution in [0, 0.1) is 29.7 Å². The number of carbonyl (C=O) groups is 4. The Kier molecular flexibility index (Phi) is 29.9. The molecule has 0 amide bonds. The molecule has 274 valence electrons. The molecular formula is C40H58N4O6. The van der Waals surface area contributed by atoms with E-state index in [0.29, 0.717) is 30.9 Å². The first-order valence-electron chi connectivity index (χ1n) is 14.7. The number of ketones is 4. The third-order valence-electron chi connectivity index (χ3n) is 6.34. The summed E-state index contributed by atoms with van der Waals surface area (Å²) < 4.78 is 7.24. The van der Waals surface area contributed by atoms with Crippen LogP contribution in [0.15, 0.2) is 110 Å². The van der Waals surface area contributed by atoms with E-state index in [1.165, 1.54) is 13.8 Å². The molecule has 0 radical (unpaired) electrons. The molecule has 0 spiro atoms. The van der Waals surface area contributed by atoms with Gasteiger partial charge in [-0.05, 0) is 31.2 Å². The Morgan fingerprint density at radius 3 is 1.38 bits per heavy atom. The second-order valence-electron chi connectivity index (χ2n) is 10.00. The van der Waals surface area contributed by atoms with E-state index in [4.69, 9.17) is 10.2 Å². The van der Waals surface area contributed by atoms with Crippen molar-refractivity contribution in [2.45, 2.75) is 47.3 Å². The van der Waals surface area contributed by atoms with Gasteiger partial charge in [0.2, 0.25) is 34.4 Å². The van der Waals surface area contributed by atoms with E-state index in [9.17, 15) is 19.2 Å². The van der Waals surface area contributed by atoms with Crippen molar-refractivity contribution in [3.8, 4) is 0 Å². The average Bonchev–Trinajstić information content (AvgIpc) is 3.03. The van der Waals surface area contributed by atoms with Gasteiger partial charge in [0.25, 0.3) is 0 Å². The topological polar surface area (TPSA) is 124 Å². The maximum absolute atomic E-state index is 11.1. The van der Waals surface area contributed by atoms with Crippen molar-refractivity contribution in [2.24, 2.45) is 7.05 Å². The Balaban J connectivity index is -0.000000275. The van der Waals surface area contributed by atoms with Crippen LogP contribution in [0.4, 0.5) is 0 Å². The number of nitrogens with zero attached hydrogens (tertiary/aromatic N) is 4. The van der Waals surface area contributed by atoms with Gasteiger partial charge in [0.05, 0.1) is 0 Å². The number of aliphatic hydroxyl groups excluding tert-OH is 2. The first-order valence-corrected chi connectivity index (χ1v) is 14.7. The van der Waals surface area contributed by atoms with Gasteiger partial charge in [-0.25, -0.2) is 4.57 Å². The molecule has 0 saturated carbocycles. The number of Topliss-reactive ketones (excluding diaryl/α,β-unsaturated/α-hetero) is 4. The van der Waals surface area contributed by atoms with Crippen molar-refractivity contribution in [3.63, 3.8) is 0 Å². The SMILES string of the molecule is C=CC[n+]1ccccc1C(C)=O.CC(=O)c1cc[n+](CCO)cc1.CC(=O)c1cccc[n+]1C.CC(=O)c1cccc[n+]1CCO.[CH3-].[CH3-].[CH3-].[CH3-]. The van der Waals surface area contributed by atoms with Crippen LogP contribution in [0.25, 0.3) is 0 Å². The third-order valence-corrected chi connectivity index (χ3v) is 6.34. The van der Waals surface area contributed by atoms with Crippen molar-refractivity contribution in [3.05, 3.63) is 163 Å². The number of hydrogen-bond acceptors (Lipinski definition) is 6. The number of aromatic nitrogens is 4. The van der Waals surface area contributed by atoms with Crippen molar-refractivity contribution >= 4 is 23.1 Å². The first-order chi connectivity index (χ1) is 22.0. The van der Waals surface area contributed by atoms with Crippen LogP contribution in [-0.4, -0.2) is 46.6 Å². The lowest BCUT2D eigenvalue weighted by Gasteiger charge is -1.97. The summed E-state index contributed by atoms with van der Waals surface area (Å²) in [6.07, 6.45) is 10.9. The van der Waals surface area contributed by atoms with E-state index in [2.05, 4.69) is 6.58 Å². The molecule has 0 aliphatic rings. The Bertz CT molecular complexity index is 1590. The zero-order chi connectivity index (χ0) is 34.5. The number of rotatable bonds is 10. The van der Waals surface area contributed by atoms with Gasteiger partial charge >= 0.3 is 0 Å². The fraction of sp³-hybridized carbons (Fsp3) is 0.250. The Hall–Kier alpha value is -5.06. The van der Waals surface area contributed by atoms with Gasteiger partial charge in [0.15, 0.2) is 56.4 Å². The van der Waals surface area contributed by atoms with Crippen molar-refractivity contribution in [2.75, 3.05) is 13.2 Å². The molecule has 10 nitrogen and oxygen atoms in total. The summed E-state index contributed by atoms with van der Waals surface area (Å²) in [6, 6.07) is 20.0. The number of pyridine rings is 4. The quantitative estimate of drug-likeness (QED) is 0.111. The Morgan fingerprint density at radius 2 is 1.00 bits per heavy atom. The highest BCUT2D eigenvalue weighted by Gasteiger charge is 2.13. The summed E-state index contributed by atoms with van der Waals surface area (Å²) in [7, 11) is 1.86. The fourth-order valence-electron chi connectivity index (χ4n) is 4.04. The van der Waals surface area contributed by atoms with Gasteiger partial charge < -0.3 is 39.9 Å². The maximum Gasteiger partial charge on any atom is 0.248 e. The summed E-state index contributed by atoms with van der Waals surface area (Å²) >= 11 is 0. The molecule has 4 rings (SSSR count). The molecule has 0 unspecified atom stereocenters. The second-order valence-corrected chi connectivity index (χ2v) is 10.00.